The topological polar surface area (TPSA) is 236 Å². The molecule has 102 heavy (non-hydrogen) atoms. The predicted octanol–water partition coefficient (Wildman–Crippen LogP) is 21.0. The molecule has 0 bridgehead atoms. The Morgan fingerprint density at radius 2 is 0.686 bits per heavy atom. The van der Waals surface area contributed by atoms with Gasteiger partial charge in [0.25, 0.3) is 0 Å². The number of unbranched alkanes of at least 4 members (excludes halogenated alkanes) is 45. The lowest BCUT2D eigenvalue weighted by atomic mass is 9.93. The molecule has 1 rings (SSSR count). The minimum Gasteiger partial charge on any atom is -0.467 e. The van der Waals surface area contributed by atoms with Crippen LogP contribution in [0.1, 0.15) is 408 Å². The third kappa shape index (κ3) is 55.2. The fourth-order valence-corrected chi connectivity index (χ4v) is 14.7. The van der Waals surface area contributed by atoms with E-state index in [1.54, 1.807) is 0 Å². The highest BCUT2D eigenvalue weighted by atomic mass is 31.2. The Labute approximate surface area is 625 Å². The molecule has 1 unspecified atom stereocenters. The van der Waals surface area contributed by atoms with Crippen molar-refractivity contribution in [3.8, 4) is 0 Å². The van der Waals surface area contributed by atoms with Crippen LogP contribution in [0.3, 0.4) is 0 Å². The second-order valence-corrected chi connectivity index (χ2v) is 31.5. The summed E-state index contributed by atoms with van der Waals surface area (Å²) in [7, 11) is -2.65. The lowest BCUT2D eigenvalue weighted by molar-refractivity contribution is -0.249. The number of aliphatic hydroxyl groups is 1. The average molecular weight is 1470 g/mol. The van der Waals surface area contributed by atoms with E-state index in [9.17, 15) is 28.9 Å². The maximum absolute atomic E-state index is 15.0. The highest BCUT2D eigenvalue weighted by Crippen LogP contribution is 2.46. The number of nitrogens with one attached hydrogen (secondary N) is 3. The van der Waals surface area contributed by atoms with Crippen molar-refractivity contribution < 1.29 is 71.2 Å². The largest absolute Gasteiger partial charge is 0.472 e. The number of hydrogen-bond donors (Lipinski definition) is 5. The van der Waals surface area contributed by atoms with Crippen molar-refractivity contribution in [1.29, 1.82) is 0 Å². The maximum Gasteiger partial charge on any atom is 0.472 e. The van der Waals surface area contributed by atoms with E-state index >= 15 is 4.79 Å². The van der Waals surface area contributed by atoms with E-state index < -0.39 is 93.6 Å². The summed E-state index contributed by atoms with van der Waals surface area (Å²) in [5.41, 5.74) is 0. The molecule has 1 fully saturated rings. The Bertz CT molecular complexity index is 1890. The minimum atomic E-state index is -4.90. The normalized spacial score (nSPS) is 18.0. The van der Waals surface area contributed by atoms with Crippen LogP contribution in [0.25, 0.3) is 0 Å². The Morgan fingerprint density at radius 3 is 0.980 bits per heavy atom. The van der Waals surface area contributed by atoms with E-state index in [-0.39, 0.29) is 25.4 Å². The molecule has 0 aromatic rings. The molecule has 1 saturated heterocycles. The van der Waals surface area contributed by atoms with E-state index in [0.29, 0.717) is 39.1 Å². The van der Waals surface area contributed by atoms with Crippen molar-refractivity contribution in [1.82, 2.24) is 16.0 Å². The van der Waals surface area contributed by atoms with Crippen LogP contribution >= 0.6 is 7.82 Å². The lowest BCUT2D eigenvalue weighted by Crippen LogP contribution is -2.70. The number of esters is 1. The molecule has 1 aliphatic heterocycles. The molecule has 0 radical (unpaired) electrons. The van der Waals surface area contributed by atoms with Gasteiger partial charge in [0.2, 0.25) is 17.7 Å². The van der Waals surface area contributed by atoms with Crippen LogP contribution in [0, 0.1) is 0 Å². The van der Waals surface area contributed by atoms with Crippen molar-refractivity contribution in [3.63, 3.8) is 0 Å². The van der Waals surface area contributed by atoms with Gasteiger partial charge in [-0.25, -0.2) is 9.36 Å². The maximum atomic E-state index is 15.0. The highest BCUT2D eigenvalue weighted by Gasteiger charge is 2.51. The van der Waals surface area contributed by atoms with Gasteiger partial charge in [0, 0.05) is 26.9 Å². The monoisotopic (exact) mass is 1470 g/mol. The van der Waals surface area contributed by atoms with Gasteiger partial charge in [0.1, 0.15) is 18.2 Å². The Kier molecular flexibility index (Phi) is 67.5. The fourth-order valence-electron chi connectivity index (χ4n) is 14.0. The molecule has 604 valence electrons. The summed E-state index contributed by atoms with van der Waals surface area (Å²) < 4.78 is 62.4. The molecule has 18 nitrogen and oxygen atoms in total. The number of ether oxygens (including phenoxy) is 6. The Hall–Kier alpha value is -2.25. The van der Waals surface area contributed by atoms with Crippen LogP contribution in [-0.2, 0) is 61.2 Å². The van der Waals surface area contributed by atoms with Crippen LogP contribution in [-0.4, -0.2) is 136 Å². The number of aliphatic hydroxyl groups excluding tert-OH is 1. The third-order valence-corrected chi connectivity index (χ3v) is 21.4. The molecule has 0 aromatic heterocycles. The third-order valence-electron chi connectivity index (χ3n) is 20.5. The fraction of sp³-hybridized carbons (Fsp3) is 0.952. The lowest BCUT2D eigenvalue weighted by Gasteiger charge is -2.46. The van der Waals surface area contributed by atoms with E-state index in [1.807, 2.05) is 0 Å². The number of phosphoric ester groups is 1. The number of carbonyl (C=O) groups is 4. The van der Waals surface area contributed by atoms with E-state index in [4.69, 9.17) is 37.5 Å². The summed E-state index contributed by atoms with van der Waals surface area (Å²) in [6.45, 7) is 13.6. The summed E-state index contributed by atoms with van der Waals surface area (Å²) in [6, 6.07) is -4.13. The van der Waals surface area contributed by atoms with E-state index in [2.05, 4.69) is 57.5 Å². The van der Waals surface area contributed by atoms with Crippen LogP contribution in [0.15, 0.2) is 0 Å². The molecule has 0 saturated carbocycles. The predicted molar refractivity (Wildman–Crippen MR) is 418 cm³/mol. The molecule has 0 aliphatic carbocycles. The zero-order chi connectivity index (χ0) is 74.6. The van der Waals surface area contributed by atoms with Crippen molar-refractivity contribution >= 4 is 31.5 Å². The summed E-state index contributed by atoms with van der Waals surface area (Å²) in [4.78, 5) is 69.2. The zero-order valence-electron chi connectivity index (χ0n) is 67.2. The standard InChI is InChI=1S/C83H162N3O15P/c1-9-15-21-27-33-39-42-48-54-60-71(96-63-57-51-45-36-30-24-18-12-4)66-76(88)84-74(82(91)94-7)70-99-83-80(86-78(90)68-73(62-56-50-44-41-35-29-23-17-11-3)98-65-59-53-47-38-32-26-20-14-6)79(81(75(69-87)100-83)101-102(92,93)95-8)85-77(89)67-72(61-55-49-43-40-34-28-22-16-10-2)97-64-58-52-46-37-31-25-19-13-5/h71-75,79-81,83,87H,9-70H2,1-8H3,(H,84,88)(H,85,89)(H,86,90)(H,92,93)/t71-,72-,73-,74+,75-,79+,80-,81-,83-/m1/s1. The number of amides is 3. The van der Waals surface area contributed by atoms with Gasteiger partial charge >= 0.3 is 13.8 Å². The highest BCUT2D eigenvalue weighted by molar-refractivity contribution is 7.47. The second-order valence-electron chi connectivity index (χ2n) is 30.0. The van der Waals surface area contributed by atoms with Gasteiger partial charge in [-0.3, -0.25) is 23.4 Å². The molecule has 19 heteroatoms. The van der Waals surface area contributed by atoms with Crippen molar-refractivity contribution in [2.75, 3.05) is 47.3 Å². The van der Waals surface area contributed by atoms with E-state index in [1.165, 1.54) is 206 Å². The molecule has 1 heterocycles. The molecule has 5 N–H and O–H groups in total. The Balaban J connectivity index is 3.82. The first-order valence-electron chi connectivity index (χ1n) is 43.0. The van der Waals surface area contributed by atoms with Crippen molar-refractivity contribution in [2.24, 2.45) is 0 Å². The SMILES string of the molecule is CCCCCCCCCCC[C@H](CC(=O)N[C@H]1[C@H](OC[C@H](NC(=O)C[C@@H](CCCCCCCCCCC)OCCCCCCCCCC)C(=O)OC)O[C@H](CO)[C@@H](OP(=O)(O)OC)[C@H]1NC(=O)C[C@@H](CCCCCCCCCCC)OCCCCCCCCCC)OCCCCCCCCCC. The van der Waals surface area contributed by atoms with E-state index in [0.717, 1.165) is 136 Å². The van der Waals surface area contributed by atoms with Crippen molar-refractivity contribution in [3.05, 3.63) is 0 Å². The quantitative estimate of drug-likeness (QED) is 0.0216. The van der Waals surface area contributed by atoms with Crippen molar-refractivity contribution in [2.45, 2.75) is 462 Å². The second kappa shape index (κ2) is 70.4. The Morgan fingerprint density at radius 1 is 0.402 bits per heavy atom. The van der Waals surface area contributed by atoms with Gasteiger partial charge < -0.3 is 54.4 Å². The summed E-state index contributed by atoms with van der Waals surface area (Å²) in [5, 5.41) is 20.2. The minimum absolute atomic E-state index is 0.00482. The van der Waals surface area contributed by atoms with Gasteiger partial charge in [-0.1, -0.05) is 350 Å². The molecule has 10 atom stereocenters. The molecule has 3 amide bonds. The number of methoxy groups -OCH3 is 1. The first-order chi connectivity index (χ1) is 49.8. The smallest absolute Gasteiger partial charge is 0.467 e. The summed E-state index contributed by atoms with van der Waals surface area (Å²) in [5.74, 6) is -2.17. The number of carbonyl (C=O) groups excluding carboxylic acids is 4. The summed E-state index contributed by atoms with van der Waals surface area (Å²) >= 11 is 0. The molecular weight excluding hydrogens is 1310 g/mol. The molecule has 0 aromatic carbocycles. The zero-order valence-corrected chi connectivity index (χ0v) is 68.1. The van der Waals surface area contributed by atoms with Gasteiger partial charge in [-0.2, -0.15) is 0 Å². The first-order valence-corrected chi connectivity index (χ1v) is 44.5. The van der Waals surface area contributed by atoms with Gasteiger partial charge in [0.05, 0.1) is 63.9 Å². The molecule has 0 spiro atoms. The van der Waals surface area contributed by atoms with Crippen LogP contribution in [0.2, 0.25) is 0 Å². The number of rotatable bonds is 77. The van der Waals surface area contributed by atoms with Crippen LogP contribution in [0.5, 0.6) is 0 Å². The van der Waals surface area contributed by atoms with Gasteiger partial charge in [0.15, 0.2) is 12.3 Å². The average Bonchev–Trinajstić information content (AvgIpc) is 0.780. The summed E-state index contributed by atoms with van der Waals surface area (Å²) in [6.07, 6.45) is 54.5. The first kappa shape index (κ1) is 97.8. The van der Waals surface area contributed by atoms with Gasteiger partial charge in [-0.15, -0.1) is 0 Å². The van der Waals surface area contributed by atoms with Gasteiger partial charge in [-0.05, 0) is 38.5 Å². The molecular formula is C83H162N3O15P. The number of phosphoric acid groups is 1. The van der Waals surface area contributed by atoms with Crippen LogP contribution in [0.4, 0.5) is 0 Å². The van der Waals surface area contributed by atoms with Crippen LogP contribution < -0.4 is 16.0 Å². The molecule has 1 aliphatic rings. The number of hydrogen-bond acceptors (Lipinski definition) is 14.